The maximum Gasteiger partial charge on any atom is 0.243 e. The summed E-state index contributed by atoms with van der Waals surface area (Å²) in [4.78, 5) is 4.35. The van der Waals surface area contributed by atoms with E-state index in [4.69, 9.17) is 9.47 Å². The third-order valence-corrected chi connectivity index (χ3v) is 6.94. The molecule has 2 fully saturated rings. The highest BCUT2D eigenvalue weighted by Gasteiger charge is 2.53. The highest BCUT2D eigenvalue weighted by molar-refractivity contribution is 7.89. The summed E-state index contributed by atoms with van der Waals surface area (Å²) in [6, 6.07) is 10.1. The van der Waals surface area contributed by atoms with Crippen LogP contribution >= 0.6 is 0 Å². The Morgan fingerprint density at radius 2 is 1.92 bits per heavy atom. The van der Waals surface area contributed by atoms with Gasteiger partial charge in [-0.1, -0.05) is 0 Å². The van der Waals surface area contributed by atoms with Crippen LogP contribution in [0.25, 0.3) is 0 Å². The van der Waals surface area contributed by atoms with Gasteiger partial charge in [0.25, 0.3) is 0 Å². The number of hydrogen-bond acceptors (Lipinski definition) is 5. The van der Waals surface area contributed by atoms with Crippen molar-refractivity contribution >= 4 is 10.0 Å². The minimum absolute atomic E-state index is 0.114. The molecule has 0 amide bonds. The first kappa shape index (κ1) is 16.4. The highest BCUT2D eigenvalue weighted by atomic mass is 32.2. The molecule has 1 aliphatic carbocycles. The van der Waals surface area contributed by atoms with Gasteiger partial charge in [0.2, 0.25) is 10.0 Å². The second-order valence-electron chi connectivity index (χ2n) is 6.43. The number of benzene rings is 1. The number of ether oxygens (including phenoxy) is 2. The SMILES string of the molecule is COc1ccc(S(=O)(=O)N2C[C@H]3CC[C@H]2[C@H]3Oc2cccnc2)cc1. The van der Waals surface area contributed by atoms with Gasteiger partial charge in [0.15, 0.2) is 0 Å². The zero-order valence-electron chi connectivity index (χ0n) is 13.9. The first-order chi connectivity index (χ1) is 12.1. The van der Waals surface area contributed by atoms with Crippen LogP contribution in [0.15, 0.2) is 53.7 Å². The molecular formula is C18H20N2O4S. The molecule has 3 atom stereocenters. The predicted molar refractivity (Wildman–Crippen MR) is 92.1 cm³/mol. The molecular weight excluding hydrogens is 340 g/mol. The van der Waals surface area contributed by atoms with E-state index in [9.17, 15) is 8.42 Å². The lowest BCUT2D eigenvalue weighted by molar-refractivity contribution is 0.167. The molecule has 2 bridgehead atoms. The third-order valence-electron chi connectivity index (χ3n) is 5.03. The van der Waals surface area contributed by atoms with E-state index in [2.05, 4.69) is 4.98 Å². The van der Waals surface area contributed by atoms with Crippen LogP contribution in [0.3, 0.4) is 0 Å². The molecule has 7 heteroatoms. The zero-order valence-corrected chi connectivity index (χ0v) is 14.7. The van der Waals surface area contributed by atoms with Crippen LogP contribution in [-0.2, 0) is 10.0 Å². The van der Waals surface area contributed by atoms with Gasteiger partial charge in [-0.3, -0.25) is 4.98 Å². The first-order valence-corrected chi connectivity index (χ1v) is 9.76. The van der Waals surface area contributed by atoms with Crippen molar-refractivity contribution in [1.82, 2.24) is 9.29 Å². The molecule has 1 aromatic heterocycles. The summed E-state index contributed by atoms with van der Waals surface area (Å²) in [6.07, 6.45) is 5.06. The lowest BCUT2D eigenvalue weighted by atomic mass is 10.1. The van der Waals surface area contributed by atoms with Crippen LogP contribution in [0.5, 0.6) is 11.5 Å². The van der Waals surface area contributed by atoms with Crippen molar-refractivity contribution in [2.24, 2.45) is 5.92 Å². The zero-order chi connectivity index (χ0) is 17.4. The normalized spacial score (nSPS) is 25.9. The van der Waals surface area contributed by atoms with Gasteiger partial charge in [0.05, 0.1) is 24.2 Å². The molecule has 2 aliphatic rings. The van der Waals surface area contributed by atoms with E-state index in [0.717, 1.165) is 12.8 Å². The third kappa shape index (κ3) is 2.87. The minimum atomic E-state index is -3.54. The lowest BCUT2D eigenvalue weighted by Crippen LogP contribution is -2.40. The first-order valence-electron chi connectivity index (χ1n) is 8.32. The molecule has 0 radical (unpaired) electrons. The summed E-state index contributed by atoms with van der Waals surface area (Å²) in [5.41, 5.74) is 0. The molecule has 1 saturated heterocycles. The largest absolute Gasteiger partial charge is 0.497 e. The number of fused-ring (bicyclic) bond motifs is 2. The Kier molecular flexibility index (Phi) is 4.13. The number of hydrogen-bond donors (Lipinski definition) is 0. The number of rotatable bonds is 5. The fourth-order valence-corrected chi connectivity index (χ4v) is 5.53. The number of sulfonamides is 1. The van der Waals surface area contributed by atoms with Crippen molar-refractivity contribution in [2.75, 3.05) is 13.7 Å². The van der Waals surface area contributed by atoms with Gasteiger partial charge < -0.3 is 9.47 Å². The number of aromatic nitrogens is 1. The number of nitrogens with zero attached hydrogens (tertiary/aromatic N) is 2. The monoisotopic (exact) mass is 360 g/mol. The number of pyridine rings is 1. The van der Waals surface area contributed by atoms with Crippen LogP contribution in [0.1, 0.15) is 12.8 Å². The van der Waals surface area contributed by atoms with Crippen LogP contribution < -0.4 is 9.47 Å². The molecule has 1 aromatic carbocycles. The molecule has 132 valence electrons. The maximum absolute atomic E-state index is 13.0. The molecule has 2 aromatic rings. The Morgan fingerprint density at radius 1 is 1.12 bits per heavy atom. The molecule has 6 nitrogen and oxygen atoms in total. The summed E-state index contributed by atoms with van der Waals surface area (Å²) in [5.74, 6) is 1.55. The van der Waals surface area contributed by atoms with Crippen molar-refractivity contribution in [2.45, 2.75) is 29.9 Å². The molecule has 1 saturated carbocycles. The summed E-state index contributed by atoms with van der Waals surface area (Å²) >= 11 is 0. The van der Waals surface area contributed by atoms with E-state index in [1.807, 2.05) is 12.1 Å². The van der Waals surface area contributed by atoms with Gasteiger partial charge in [0.1, 0.15) is 17.6 Å². The smallest absolute Gasteiger partial charge is 0.243 e. The Balaban J connectivity index is 1.57. The standard InChI is InChI=1S/C18H20N2O4S/c1-23-14-5-7-16(8-6-14)25(21,22)20-12-13-4-9-17(20)18(13)24-15-3-2-10-19-11-15/h2-3,5-8,10-11,13,17-18H,4,9,12H2,1H3/t13-,17+,18+/m1/s1. The molecule has 0 spiro atoms. The topological polar surface area (TPSA) is 68.7 Å². The second-order valence-corrected chi connectivity index (χ2v) is 8.32. The summed E-state index contributed by atoms with van der Waals surface area (Å²) < 4.78 is 38.9. The van der Waals surface area contributed by atoms with Crippen molar-refractivity contribution in [3.05, 3.63) is 48.8 Å². The van der Waals surface area contributed by atoms with Crippen LogP contribution in [0.2, 0.25) is 0 Å². The average Bonchev–Trinajstić information content (AvgIpc) is 3.20. The summed E-state index contributed by atoms with van der Waals surface area (Å²) in [5, 5.41) is 0. The maximum atomic E-state index is 13.0. The molecule has 25 heavy (non-hydrogen) atoms. The van der Waals surface area contributed by atoms with E-state index in [1.165, 1.54) is 0 Å². The van der Waals surface area contributed by atoms with E-state index in [1.54, 1.807) is 48.1 Å². The second kappa shape index (κ2) is 6.31. The fourth-order valence-electron chi connectivity index (χ4n) is 3.81. The Morgan fingerprint density at radius 3 is 2.60 bits per heavy atom. The highest BCUT2D eigenvalue weighted by Crippen LogP contribution is 2.42. The minimum Gasteiger partial charge on any atom is -0.497 e. The van der Waals surface area contributed by atoms with Gasteiger partial charge in [-0.15, -0.1) is 0 Å². The quantitative estimate of drug-likeness (QED) is 0.818. The Labute approximate surface area is 147 Å². The Bertz CT molecular complexity index is 839. The molecule has 2 heterocycles. The van der Waals surface area contributed by atoms with E-state index in [0.29, 0.717) is 22.9 Å². The van der Waals surface area contributed by atoms with Crippen molar-refractivity contribution in [3.8, 4) is 11.5 Å². The van der Waals surface area contributed by atoms with Crippen LogP contribution in [0.4, 0.5) is 0 Å². The molecule has 0 N–H and O–H groups in total. The predicted octanol–water partition coefficient (Wildman–Crippen LogP) is 2.32. The van der Waals surface area contributed by atoms with E-state index in [-0.39, 0.29) is 18.1 Å². The fraction of sp³-hybridized carbons (Fsp3) is 0.389. The summed E-state index contributed by atoms with van der Waals surface area (Å²) in [6.45, 7) is 0.504. The summed E-state index contributed by atoms with van der Waals surface area (Å²) in [7, 11) is -1.98. The van der Waals surface area contributed by atoms with Gasteiger partial charge in [-0.25, -0.2) is 8.42 Å². The van der Waals surface area contributed by atoms with Crippen LogP contribution in [-0.4, -0.2) is 43.5 Å². The molecule has 1 aliphatic heterocycles. The van der Waals surface area contributed by atoms with Crippen LogP contribution in [0, 0.1) is 5.92 Å². The van der Waals surface area contributed by atoms with Gasteiger partial charge >= 0.3 is 0 Å². The van der Waals surface area contributed by atoms with E-state index < -0.39 is 10.0 Å². The Hall–Kier alpha value is -2.12. The average molecular weight is 360 g/mol. The van der Waals surface area contributed by atoms with Crippen molar-refractivity contribution in [1.29, 1.82) is 0 Å². The number of piperidine rings is 1. The molecule has 4 rings (SSSR count). The van der Waals surface area contributed by atoms with Gasteiger partial charge in [-0.2, -0.15) is 4.31 Å². The number of methoxy groups -OCH3 is 1. The van der Waals surface area contributed by atoms with Crippen molar-refractivity contribution < 1.29 is 17.9 Å². The lowest BCUT2D eigenvalue weighted by Gasteiger charge is -2.26. The molecule has 0 unspecified atom stereocenters. The van der Waals surface area contributed by atoms with E-state index >= 15 is 0 Å². The van der Waals surface area contributed by atoms with Gasteiger partial charge in [0, 0.05) is 18.7 Å². The van der Waals surface area contributed by atoms with Gasteiger partial charge in [-0.05, 0) is 49.2 Å². The van der Waals surface area contributed by atoms with Crippen molar-refractivity contribution in [3.63, 3.8) is 0 Å².